The summed E-state index contributed by atoms with van der Waals surface area (Å²) in [6.07, 6.45) is 2.96. The van der Waals surface area contributed by atoms with Crippen LogP contribution < -0.4 is 10.6 Å². The molecule has 2 N–H and O–H groups in total. The summed E-state index contributed by atoms with van der Waals surface area (Å²) in [5.41, 5.74) is -0.1000. The minimum atomic E-state index is -3.17. The topological polar surface area (TPSA) is 96.6 Å². The second kappa shape index (κ2) is 9.20. The molecule has 0 aromatic carbocycles. The average Bonchev–Trinajstić information content (AvgIpc) is 2.89. The Kier molecular flexibility index (Phi) is 8.89. The average molecular weight is 486 g/mol. The van der Waals surface area contributed by atoms with Gasteiger partial charge in [-0.3, -0.25) is 0 Å². The summed E-state index contributed by atoms with van der Waals surface area (Å²) in [5.74, 6) is 1.87. The molecule has 1 heterocycles. The van der Waals surface area contributed by atoms with Gasteiger partial charge in [-0.1, -0.05) is 20.8 Å². The molecule has 0 radical (unpaired) electrons. The van der Waals surface area contributed by atoms with Crippen molar-refractivity contribution < 1.29 is 12.8 Å². The third-order valence-corrected chi connectivity index (χ3v) is 5.85. The summed E-state index contributed by atoms with van der Waals surface area (Å²) in [4.78, 5) is 8.65. The molecule has 7 nitrogen and oxygen atoms in total. The van der Waals surface area contributed by atoms with Crippen molar-refractivity contribution in [2.75, 3.05) is 19.3 Å². The Morgan fingerprint density at radius 3 is 2.28 bits per heavy atom. The van der Waals surface area contributed by atoms with Crippen LogP contribution in [-0.4, -0.2) is 43.5 Å². The van der Waals surface area contributed by atoms with Crippen molar-refractivity contribution in [3.8, 4) is 0 Å². The first-order valence-corrected chi connectivity index (χ1v) is 9.93. The molecule has 0 aliphatic rings. The molecule has 0 atom stereocenters. The molecule has 0 saturated carbocycles. The number of aliphatic imine (C=N–C) groups is 1. The molecule has 0 fully saturated rings. The normalized spacial score (nSPS) is 13.3. The third kappa shape index (κ3) is 7.51. The first kappa shape index (κ1) is 24.2. The quantitative estimate of drug-likeness (QED) is 0.365. The summed E-state index contributed by atoms with van der Waals surface area (Å²) in [5, 5.41) is 6.15. The van der Waals surface area contributed by atoms with Crippen molar-refractivity contribution >= 4 is 39.8 Å². The highest BCUT2D eigenvalue weighted by atomic mass is 127. The Morgan fingerprint density at radius 1 is 1.24 bits per heavy atom. The van der Waals surface area contributed by atoms with E-state index >= 15 is 0 Å². The van der Waals surface area contributed by atoms with Gasteiger partial charge >= 0.3 is 0 Å². The lowest BCUT2D eigenvalue weighted by Gasteiger charge is -2.24. The van der Waals surface area contributed by atoms with Crippen molar-refractivity contribution in [2.45, 2.75) is 58.2 Å². The van der Waals surface area contributed by atoms with E-state index in [1.54, 1.807) is 20.0 Å². The Balaban J connectivity index is 0.00000576. The summed E-state index contributed by atoms with van der Waals surface area (Å²) in [6, 6.07) is 0. The summed E-state index contributed by atoms with van der Waals surface area (Å²) in [7, 11) is -3.17. The SMILES string of the molecule is CCNC(=NCc1ncc(C(C)(C)C)o1)NCC(C)(C)S(C)(=O)=O.I. The first-order valence-electron chi connectivity index (χ1n) is 8.04. The van der Waals surface area contributed by atoms with Crippen LogP contribution in [0, 0.1) is 0 Å². The molecule has 1 aromatic heterocycles. The molecule has 0 spiro atoms. The number of guanidine groups is 1. The minimum Gasteiger partial charge on any atom is -0.443 e. The highest BCUT2D eigenvalue weighted by Crippen LogP contribution is 2.22. The number of sulfone groups is 1. The van der Waals surface area contributed by atoms with Gasteiger partial charge in [0.05, 0.1) is 10.9 Å². The van der Waals surface area contributed by atoms with E-state index in [1.807, 2.05) is 6.92 Å². The van der Waals surface area contributed by atoms with Crippen molar-refractivity contribution in [3.05, 3.63) is 17.8 Å². The van der Waals surface area contributed by atoms with Crippen LogP contribution >= 0.6 is 24.0 Å². The van der Waals surface area contributed by atoms with Gasteiger partial charge in [-0.05, 0) is 20.8 Å². The maximum atomic E-state index is 11.8. The predicted molar refractivity (Wildman–Crippen MR) is 112 cm³/mol. The molecule has 1 aromatic rings. The molecule has 9 heteroatoms. The van der Waals surface area contributed by atoms with Crippen LogP contribution in [0.25, 0.3) is 0 Å². The van der Waals surface area contributed by atoms with E-state index in [0.29, 0.717) is 18.4 Å². The second-order valence-corrected chi connectivity index (χ2v) is 10.1. The fourth-order valence-electron chi connectivity index (χ4n) is 1.65. The zero-order valence-electron chi connectivity index (χ0n) is 16.1. The summed E-state index contributed by atoms with van der Waals surface area (Å²) in [6.45, 7) is 12.7. The molecular formula is C16H31IN4O3S. The van der Waals surface area contributed by atoms with Gasteiger partial charge in [0.2, 0.25) is 5.89 Å². The molecular weight excluding hydrogens is 455 g/mol. The first-order chi connectivity index (χ1) is 10.9. The zero-order valence-corrected chi connectivity index (χ0v) is 19.3. The van der Waals surface area contributed by atoms with E-state index in [-0.39, 0.29) is 42.5 Å². The van der Waals surface area contributed by atoms with E-state index in [1.165, 1.54) is 6.26 Å². The van der Waals surface area contributed by atoms with Crippen molar-refractivity contribution in [2.24, 2.45) is 4.99 Å². The van der Waals surface area contributed by atoms with Gasteiger partial charge in [-0.15, -0.1) is 24.0 Å². The van der Waals surface area contributed by atoms with Gasteiger partial charge in [-0.2, -0.15) is 0 Å². The predicted octanol–water partition coefficient (Wildman–Crippen LogP) is 2.47. The van der Waals surface area contributed by atoms with Crippen molar-refractivity contribution in [3.63, 3.8) is 0 Å². The highest BCUT2D eigenvalue weighted by Gasteiger charge is 2.30. The van der Waals surface area contributed by atoms with Gasteiger partial charge < -0.3 is 15.1 Å². The summed E-state index contributed by atoms with van der Waals surface area (Å²) >= 11 is 0. The molecule has 1 rings (SSSR count). The molecule has 0 aliphatic heterocycles. The third-order valence-electron chi connectivity index (χ3n) is 3.69. The van der Waals surface area contributed by atoms with Crippen LogP contribution in [0.1, 0.15) is 53.2 Å². The number of nitrogens with one attached hydrogen (secondary N) is 2. The monoisotopic (exact) mass is 486 g/mol. The Labute approximate surface area is 168 Å². The Bertz CT molecular complexity index is 676. The lowest BCUT2D eigenvalue weighted by molar-refractivity contribution is 0.383. The largest absolute Gasteiger partial charge is 0.443 e. The molecule has 0 saturated heterocycles. The number of nitrogens with zero attached hydrogens (tertiary/aromatic N) is 2. The van der Waals surface area contributed by atoms with Crippen LogP contribution in [0.2, 0.25) is 0 Å². The van der Waals surface area contributed by atoms with E-state index in [4.69, 9.17) is 4.42 Å². The maximum Gasteiger partial charge on any atom is 0.216 e. The molecule has 146 valence electrons. The van der Waals surface area contributed by atoms with E-state index < -0.39 is 14.6 Å². The second-order valence-electron chi connectivity index (χ2n) is 7.45. The number of hydrogen-bond donors (Lipinski definition) is 2. The molecule has 0 bridgehead atoms. The fraction of sp³-hybridized carbons (Fsp3) is 0.750. The number of aromatic nitrogens is 1. The van der Waals surface area contributed by atoms with Gasteiger partial charge in [0.25, 0.3) is 0 Å². The van der Waals surface area contributed by atoms with Crippen LogP contribution in [-0.2, 0) is 21.8 Å². The standard InChI is InChI=1S/C16H30N4O3S.HI/c1-8-17-14(20-11-16(5,6)24(7,21)22)19-10-13-18-9-12(23-13)15(2,3)4;/h9H,8,10-11H2,1-7H3,(H2,17,19,20);1H. The van der Waals surface area contributed by atoms with Gasteiger partial charge in [0, 0.05) is 24.8 Å². The summed E-state index contributed by atoms with van der Waals surface area (Å²) < 4.78 is 28.4. The number of rotatable bonds is 6. The van der Waals surface area contributed by atoms with E-state index in [2.05, 4.69) is 41.4 Å². The highest BCUT2D eigenvalue weighted by molar-refractivity contribution is 14.0. The fourth-order valence-corrected chi connectivity index (χ4v) is 1.98. The Morgan fingerprint density at radius 2 is 1.84 bits per heavy atom. The van der Waals surface area contributed by atoms with Crippen LogP contribution in [0.4, 0.5) is 0 Å². The molecule has 0 amide bonds. The van der Waals surface area contributed by atoms with Gasteiger partial charge in [0.1, 0.15) is 12.3 Å². The maximum absolute atomic E-state index is 11.8. The lowest BCUT2D eigenvalue weighted by atomic mass is 9.94. The van der Waals surface area contributed by atoms with E-state index in [0.717, 1.165) is 5.76 Å². The molecule has 25 heavy (non-hydrogen) atoms. The van der Waals surface area contributed by atoms with Crippen molar-refractivity contribution in [1.82, 2.24) is 15.6 Å². The number of hydrogen-bond acceptors (Lipinski definition) is 5. The van der Waals surface area contributed by atoms with Crippen LogP contribution in [0.5, 0.6) is 0 Å². The smallest absolute Gasteiger partial charge is 0.216 e. The van der Waals surface area contributed by atoms with E-state index in [9.17, 15) is 8.42 Å². The van der Waals surface area contributed by atoms with Crippen LogP contribution in [0.15, 0.2) is 15.6 Å². The zero-order chi connectivity index (χ0) is 18.6. The minimum absolute atomic E-state index is 0. The number of oxazole rings is 1. The van der Waals surface area contributed by atoms with Gasteiger partial charge in [0.15, 0.2) is 15.8 Å². The molecule has 0 aliphatic carbocycles. The Hall–Kier alpha value is -0.840. The van der Waals surface area contributed by atoms with Crippen LogP contribution in [0.3, 0.4) is 0 Å². The lowest BCUT2D eigenvalue weighted by Crippen LogP contribution is -2.47. The molecule has 0 unspecified atom stereocenters. The van der Waals surface area contributed by atoms with Crippen molar-refractivity contribution in [1.29, 1.82) is 0 Å². The number of halogens is 1. The van der Waals surface area contributed by atoms with Gasteiger partial charge in [-0.25, -0.2) is 18.4 Å².